The highest BCUT2D eigenvalue weighted by atomic mass is 35.5. The molecule has 1 atom stereocenters. The zero-order valence-corrected chi connectivity index (χ0v) is 18.1. The molecule has 0 spiro atoms. The van der Waals surface area contributed by atoms with Crippen molar-refractivity contribution in [2.45, 2.75) is 38.8 Å². The van der Waals surface area contributed by atoms with E-state index < -0.39 is 0 Å². The van der Waals surface area contributed by atoms with E-state index in [0.29, 0.717) is 17.6 Å². The Morgan fingerprint density at radius 2 is 1.97 bits per heavy atom. The molecule has 1 fully saturated rings. The van der Waals surface area contributed by atoms with Crippen molar-refractivity contribution in [1.82, 2.24) is 15.6 Å². The predicted molar refractivity (Wildman–Crippen MR) is 120 cm³/mol. The van der Waals surface area contributed by atoms with Crippen molar-refractivity contribution >= 4 is 23.4 Å². The summed E-state index contributed by atoms with van der Waals surface area (Å²) >= 11 is 5.91. The fourth-order valence-corrected chi connectivity index (χ4v) is 3.44. The minimum atomic E-state index is 0.00387. The number of benzene rings is 1. The van der Waals surface area contributed by atoms with E-state index in [-0.39, 0.29) is 6.10 Å². The van der Waals surface area contributed by atoms with Crippen LogP contribution in [0.1, 0.15) is 25.3 Å². The van der Waals surface area contributed by atoms with Crippen LogP contribution in [0.5, 0.6) is 5.75 Å². The fourth-order valence-electron chi connectivity index (χ4n) is 3.32. The van der Waals surface area contributed by atoms with Gasteiger partial charge in [-0.1, -0.05) is 17.7 Å². The number of nitrogens with one attached hydrogen (secondary N) is 2. The van der Waals surface area contributed by atoms with Gasteiger partial charge in [0, 0.05) is 37.4 Å². The zero-order valence-electron chi connectivity index (χ0n) is 17.4. The largest absolute Gasteiger partial charge is 0.489 e. The fraction of sp³-hybridized carbons (Fsp3) is 0.455. The number of aromatic nitrogens is 1. The quantitative estimate of drug-likeness (QED) is 0.557. The number of pyridine rings is 1. The molecule has 156 valence electrons. The summed E-state index contributed by atoms with van der Waals surface area (Å²) in [6, 6.07) is 12.0. The van der Waals surface area contributed by atoms with Crippen LogP contribution in [0.25, 0.3) is 0 Å². The molecule has 2 N–H and O–H groups in total. The van der Waals surface area contributed by atoms with Gasteiger partial charge in [-0.05, 0) is 62.6 Å². The monoisotopic (exact) mass is 415 g/mol. The summed E-state index contributed by atoms with van der Waals surface area (Å²) in [6.07, 6.45) is 4.03. The topological polar surface area (TPSA) is 61.8 Å². The van der Waals surface area contributed by atoms with Crippen molar-refractivity contribution in [2.75, 3.05) is 31.6 Å². The average molecular weight is 416 g/mol. The number of aryl methyl sites for hydroxylation is 1. The third-order valence-corrected chi connectivity index (χ3v) is 5.24. The predicted octanol–water partition coefficient (Wildman–Crippen LogP) is 3.64. The van der Waals surface area contributed by atoms with Crippen LogP contribution in [0.2, 0.25) is 5.02 Å². The average Bonchev–Trinajstić information content (AvgIpc) is 2.74. The van der Waals surface area contributed by atoms with Crippen molar-refractivity contribution in [3.8, 4) is 5.75 Å². The summed E-state index contributed by atoms with van der Waals surface area (Å²) in [7, 11) is 1.80. The number of hydrogen-bond donors (Lipinski definition) is 2. The highest BCUT2D eigenvalue weighted by molar-refractivity contribution is 6.30. The van der Waals surface area contributed by atoms with Crippen LogP contribution in [-0.4, -0.2) is 49.8 Å². The van der Waals surface area contributed by atoms with Gasteiger partial charge in [0.2, 0.25) is 0 Å². The van der Waals surface area contributed by atoms with Crippen molar-refractivity contribution in [3.63, 3.8) is 0 Å². The van der Waals surface area contributed by atoms with Gasteiger partial charge in [0.25, 0.3) is 0 Å². The second-order valence-electron chi connectivity index (χ2n) is 7.43. The molecular weight excluding hydrogens is 386 g/mol. The van der Waals surface area contributed by atoms with E-state index in [1.165, 1.54) is 5.56 Å². The van der Waals surface area contributed by atoms with Gasteiger partial charge in [0.15, 0.2) is 5.96 Å². The van der Waals surface area contributed by atoms with Crippen LogP contribution < -0.4 is 20.3 Å². The molecule has 1 aliphatic rings. The number of nitrogens with zero attached hydrogens (tertiary/aromatic N) is 3. The molecule has 1 aliphatic heterocycles. The van der Waals surface area contributed by atoms with Crippen molar-refractivity contribution in [1.29, 1.82) is 0 Å². The number of aliphatic imine (C=N–C) groups is 1. The highest BCUT2D eigenvalue weighted by Crippen LogP contribution is 2.18. The smallest absolute Gasteiger partial charge is 0.191 e. The lowest BCUT2D eigenvalue weighted by atomic mass is 10.1. The molecule has 0 bridgehead atoms. The van der Waals surface area contributed by atoms with Gasteiger partial charge in [-0.3, -0.25) is 4.99 Å². The Kier molecular flexibility index (Phi) is 7.58. The van der Waals surface area contributed by atoms with Crippen LogP contribution >= 0.6 is 11.6 Å². The molecule has 1 aromatic carbocycles. The summed E-state index contributed by atoms with van der Waals surface area (Å²) in [6.45, 7) is 6.73. The first-order chi connectivity index (χ1) is 14.0. The number of anilines is 1. The molecule has 2 heterocycles. The van der Waals surface area contributed by atoms with Crippen molar-refractivity contribution in [2.24, 2.45) is 4.99 Å². The second kappa shape index (κ2) is 10.3. The maximum Gasteiger partial charge on any atom is 0.191 e. The Morgan fingerprint density at radius 1 is 1.24 bits per heavy atom. The van der Waals surface area contributed by atoms with E-state index in [2.05, 4.69) is 44.6 Å². The first kappa shape index (κ1) is 21.2. The van der Waals surface area contributed by atoms with Crippen LogP contribution in [-0.2, 0) is 0 Å². The summed E-state index contributed by atoms with van der Waals surface area (Å²) in [4.78, 5) is 11.2. The number of piperidine rings is 1. The van der Waals surface area contributed by atoms with Crippen molar-refractivity contribution in [3.05, 3.63) is 53.2 Å². The number of hydrogen-bond acceptors (Lipinski definition) is 4. The first-order valence-corrected chi connectivity index (χ1v) is 10.5. The van der Waals surface area contributed by atoms with E-state index in [0.717, 1.165) is 43.5 Å². The van der Waals surface area contributed by atoms with E-state index in [1.54, 1.807) is 7.05 Å². The van der Waals surface area contributed by atoms with E-state index in [9.17, 15) is 0 Å². The summed E-state index contributed by atoms with van der Waals surface area (Å²) < 4.78 is 5.91. The molecule has 2 aromatic rings. The van der Waals surface area contributed by atoms with Gasteiger partial charge in [0.1, 0.15) is 17.7 Å². The molecule has 1 saturated heterocycles. The van der Waals surface area contributed by atoms with Crippen molar-refractivity contribution < 1.29 is 4.74 Å². The molecule has 1 unspecified atom stereocenters. The molecule has 29 heavy (non-hydrogen) atoms. The third kappa shape index (κ3) is 6.53. The molecule has 0 radical (unpaired) electrons. The molecule has 0 amide bonds. The lowest BCUT2D eigenvalue weighted by molar-refractivity contribution is 0.223. The number of ether oxygens (including phenoxy) is 1. The van der Waals surface area contributed by atoms with Gasteiger partial charge in [0.05, 0.1) is 6.54 Å². The summed E-state index contributed by atoms with van der Waals surface area (Å²) in [5.41, 5.74) is 1.19. The minimum Gasteiger partial charge on any atom is -0.489 e. The first-order valence-electron chi connectivity index (χ1n) is 10.1. The molecule has 0 aliphatic carbocycles. The molecule has 3 rings (SSSR count). The van der Waals surface area contributed by atoms with Gasteiger partial charge in [-0.25, -0.2) is 4.98 Å². The number of halogens is 1. The maximum absolute atomic E-state index is 5.91. The molecule has 1 aromatic heterocycles. The van der Waals surface area contributed by atoms with Gasteiger partial charge >= 0.3 is 0 Å². The maximum atomic E-state index is 5.91. The number of rotatable bonds is 6. The highest BCUT2D eigenvalue weighted by Gasteiger charge is 2.21. The van der Waals surface area contributed by atoms with Crippen LogP contribution in [0.15, 0.2) is 47.6 Å². The Balaban J connectivity index is 1.41. The molecular formula is C22H30ClN5O. The third-order valence-electron chi connectivity index (χ3n) is 4.99. The van der Waals surface area contributed by atoms with Crippen LogP contribution in [0.3, 0.4) is 0 Å². The second-order valence-corrected chi connectivity index (χ2v) is 7.87. The lowest BCUT2D eigenvalue weighted by Gasteiger charge is -2.34. The van der Waals surface area contributed by atoms with E-state index in [4.69, 9.17) is 16.3 Å². The Bertz CT molecular complexity index is 786. The Morgan fingerprint density at radius 3 is 2.59 bits per heavy atom. The summed E-state index contributed by atoms with van der Waals surface area (Å²) in [5.74, 6) is 2.68. The van der Waals surface area contributed by atoms with Crippen LogP contribution in [0, 0.1) is 6.92 Å². The minimum absolute atomic E-state index is 0.00387. The molecule has 0 saturated carbocycles. The van der Waals surface area contributed by atoms with E-state index >= 15 is 0 Å². The lowest BCUT2D eigenvalue weighted by Crippen LogP contribution is -2.50. The van der Waals surface area contributed by atoms with E-state index in [1.807, 2.05) is 37.4 Å². The molecule has 6 nitrogen and oxygen atoms in total. The SMILES string of the molecule is CN=C(NCC(C)Oc1ccc(Cl)cc1)NC1CCN(c2ccc(C)cn2)CC1. The molecule has 7 heteroatoms. The van der Waals surface area contributed by atoms with Gasteiger partial charge < -0.3 is 20.3 Å². The van der Waals surface area contributed by atoms with Gasteiger partial charge in [-0.15, -0.1) is 0 Å². The normalized spacial score (nSPS) is 16.4. The Labute approximate surface area is 178 Å². The van der Waals surface area contributed by atoms with Crippen LogP contribution in [0.4, 0.5) is 5.82 Å². The summed E-state index contributed by atoms with van der Waals surface area (Å²) in [5, 5.41) is 7.60. The standard InChI is InChI=1S/C22H30ClN5O/c1-16-4-9-21(25-14-16)28-12-10-19(11-13-28)27-22(24-3)26-15-17(2)29-20-7-5-18(23)6-8-20/h4-9,14,17,19H,10-13,15H2,1-3H3,(H2,24,26,27). The Hall–Kier alpha value is -2.47. The van der Waals surface area contributed by atoms with Gasteiger partial charge in [-0.2, -0.15) is 0 Å². The zero-order chi connectivity index (χ0) is 20.6. The number of guanidine groups is 1.